The summed E-state index contributed by atoms with van der Waals surface area (Å²) in [5.41, 5.74) is -0.560. The van der Waals surface area contributed by atoms with Gasteiger partial charge in [-0.2, -0.15) is 0 Å². The molecule has 6 nitrogen and oxygen atoms in total. The molecule has 0 bridgehead atoms. The summed E-state index contributed by atoms with van der Waals surface area (Å²) in [6.45, 7) is 5.60. The van der Waals surface area contributed by atoms with Crippen molar-refractivity contribution >= 4 is 17.8 Å². The van der Waals surface area contributed by atoms with Gasteiger partial charge in [0.1, 0.15) is 5.54 Å². The average molecular weight is 421 g/mol. The standard InChI is InChI=1S/C24H44N4O2/c1-3-5-16-24(17-6-4-2)22(30)28(23(25)27-24)19-13-9-12-18-26-21(29)20-14-10-7-8-11-15-20/h20H,3-19H2,1-2H3,(H2,25,27)(H,26,29). The first-order valence-electron chi connectivity index (χ1n) is 12.5. The van der Waals surface area contributed by atoms with Crippen LogP contribution in [0, 0.1) is 11.3 Å². The molecule has 0 aromatic rings. The zero-order valence-electron chi connectivity index (χ0n) is 19.4. The van der Waals surface area contributed by atoms with Crippen LogP contribution in [0.1, 0.15) is 110 Å². The van der Waals surface area contributed by atoms with Crippen LogP contribution in [0.5, 0.6) is 0 Å². The number of hydrogen-bond donors (Lipinski definition) is 3. The number of amides is 2. The van der Waals surface area contributed by atoms with Gasteiger partial charge in [0, 0.05) is 19.0 Å². The average Bonchev–Trinajstić information content (AvgIpc) is 2.93. The first-order valence-corrected chi connectivity index (χ1v) is 12.5. The van der Waals surface area contributed by atoms with Crippen LogP contribution >= 0.6 is 0 Å². The Balaban J connectivity index is 1.70. The Morgan fingerprint density at radius 1 is 1.03 bits per heavy atom. The largest absolute Gasteiger partial charge is 0.356 e. The fourth-order valence-corrected chi connectivity index (χ4v) is 4.81. The fourth-order valence-electron chi connectivity index (χ4n) is 4.81. The van der Waals surface area contributed by atoms with Crippen molar-refractivity contribution in [3.63, 3.8) is 0 Å². The maximum absolute atomic E-state index is 13.1. The molecular formula is C24H44N4O2. The lowest BCUT2D eigenvalue weighted by atomic mass is 9.87. The van der Waals surface area contributed by atoms with E-state index in [2.05, 4.69) is 24.5 Å². The van der Waals surface area contributed by atoms with Crippen LogP contribution in [0.2, 0.25) is 0 Å². The summed E-state index contributed by atoms with van der Waals surface area (Å²) in [5, 5.41) is 14.7. The van der Waals surface area contributed by atoms with Gasteiger partial charge >= 0.3 is 0 Å². The highest BCUT2D eigenvalue weighted by atomic mass is 16.2. The number of rotatable bonds is 13. The Hall–Kier alpha value is -1.59. The van der Waals surface area contributed by atoms with Crippen molar-refractivity contribution in [1.82, 2.24) is 15.5 Å². The Morgan fingerprint density at radius 3 is 2.27 bits per heavy atom. The van der Waals surface area contributed by atoms with E-state index in [1.807, 2.05) is 0 Å². The molecule has 2 amide bonds. The lowest BCUT2D eigenvalue weighted by Crippen LogP contribution is -2.47. The van der Waals surface area contributed by atoms with E-state index < -0.39 is 5.54 Å². The predicted molar refractivity (Wildman–Crippen MR) is 122 cm³/mol. The highest BCUT2D eigenvalue weighted by Crippen LogP contribution is 2.29. The minimum atomic E-state index is -0.560. The van der Waals surface area contributed by atoms with Gasteiger partial charge in [-0.1, -0.05) is 65.2 Å². The normalized spacial score (nSPS) is 19.6. The summed E-state index contributed by atoms with van der Waals surface area (Å²) < 4.78 is 0. The van der Waals surface area contributed by atoms with Gasteiger partial charge in [-0.05, 0) is 44.9 Å². The van der Waals surface area contributed by atoms with E-state index in [9.17, 15) is 9.59 Å². The van der Waals surface area contributed by atoms with Gasteiger partial charge in [-0.15, -0.1) is 0 Å². The summed E-state index contributed by atoms with van der Waals surface area (Å²) in [6.07, 6.45) is 15.5. The lowest BCUT2D eigenvalue weighted by Gasteiger charge is -2.27. The van der Waals surface area contributed by atoms with Crippen LogP contribution in [0.4, 0.5) is 0 Å². The summed E-state index contributed by atoms with van der Waals surface area (Å²) in [6, 6.07) is 0. The van der Waals surface area contributed by atoms with Crippen LogP contribution in [0.25, 0.3) is 0 Å². The molecule has 1 heterocycles. The smallest absolute Gasteiger partial charge is 0.255 e. The monoisotopic (exact) mass is 420 g/mol. The Morgan fingerprint density at radius 2 is 1.67 bits per heavy atom. The van der Waals surface area contributed by atoms with Gasteiger partial charge in [-0.3, -0.25) is 19.9 Å². The highest BCUT2D eigenvalue weighted by Gasteiger charge is 2.47. The van der Waals surface area contributed by atoms with E-state index >= 15 is 0 Å². The molecule has 3 N–H and O–H groups in total. The molecule has 0 radical (unpaired) electrons. The number of nitrogens with one attached hydrogen (secondary N) is 3. The lowest BCUT2D eigenvalue weighted by molar-refractivity contribution is -0.131. The number of nitrogens with zero attached hydrogens (tertiary/aromatic N) is 1. The van der Waals surface area contributed by atoms with Crippen LogP contribution in [-0.4, -0.2) is 41.3 Å². The molecule has 0 aromatic carbocycles. The van der Waals surface area contributed by atoms with Crippen molar-refractivity contribution in [2.24, 2.45) is 5.92 Å². The van der Waals surface area contributed by atoms with Crippen molar-refractivity contribution in [2.75, 3.05) is 13.1 Å². The highest BCUT2D eigenvalue weighted by molar-refractivity contribution is 6.07. The van der Waals surface area contributed by atoms with Crippen LogP contribution in [0.3, 0.4) is 0 Å². The van der Waals surface area contributed by atoms with Gasteiger partial charge < -0.3 is 10.6 Å². The maximum Gasteiger partial charge on any atom is 0.255 e. The Bertz CT molecular complexity index is 547. The summed E-state index contributed by atoms with van der Waals surface area (Å²) in [4.78, 5) is 27.1. The zero-order chi connectivity index (χ0) is 21.8. The SMILES string of the molecule is CCCCC1(CCCC)NC(=N)N(CCCCCNC(=O)C2CCCCCC2)C1=O. The molecule has 30 heavy (non-hydrogen) atoms. The first-order chi connectivity index (χ1) is 14.5. The Labute approximate surface area is 183 Å². The van der Waals surface area contributed by atoms with Gasteiger partial charge in [0.15, 0.2) is 5.96 Å². The van der Waals surface area contributed by atoms with E-state index in [-0.39, 0.29) is 23.7 Å². The van der Waals surface area contributed by atoms with Crippen molar-refractivity contribution in [3.8, 4) is 0 Å². The predicted octanol–water partition coefficient (Wildman–Crippen LogP) is 4.73. The second-order valence-corrected chi connectivity index (χ2v) is 9.26. The molecule has 2 aliphatic rings. The quantitative estimate of drug-likeness (QED) is 0.297. The van der Waals surface area contributed by atoms with Gasteiger partial charge in [-0.25, -0.2) is 0 Å². The number of unbranched alkanes of at least 4 members (excludes halogenated alkanes) is 4. The molecule has 0 unspecified atom stereocenters. The summed E-state index contributed by atoms with van der Waals surface area (Å²) >= 11 is 0. The van der Waals surface area contributed by atoms with Gasteiger partial charge in [0.05, 0.1) is 0 Å². The molecule has 1 saturated heterocycles. The zero-order valence-corrected chi connectivity index (χ0v) is 19.4. The van der Waals surface area contributed by atoms with Crippen LogP contribution in [-0.2, 0) is 9.59 Å². The second-order valence-electron chi connectivity index (χ2n) is 9.26. The molecule has 1 aliphatic carbocycles. The molecule has 0 aromatic heterocycles. The third kappa shape index (κ3) is 6.98. The maximum atomic E-state index is 13.1. The number of carbonyl (C=O) groups is 2. The van der Waals surface area contributed by atoms with Crippen LogP contribution in [0.15, 0.2) is 0 Å². The number of hydrogen-bond acceptors (Lipinski definition) is 3. The molecule has 1 aliphatic heterocycles. The molecular weight excluding hydrogens is 376 g/mol. The van der Waals surface area contributed by atoms with E-state index in [1.165, 1.54) is 25.7 Å². The van der Waals surface area contributed by atoms with Crippen molar-refractivity contribution in [3.05, 3.63) is 0 Å². The summed E-state index contributed by atoms with van der Waals surface area (Å²) in [5.74, 6) is 0.805. The van der Waals surface area contributed by atoms with Gasteiger partial charge in [0.25, 0.3) is 5.91 Å². The third-order valence-corrected chi connectivity index (χ3v) is 6.78. The molecule has 1 saturated carbocycles. The third-order valence-electron chi connectivity index (χ3n) is 6.78. The summed E-state index contributed by atoms with van der Waals surface area (Å²) in [7, 11) is 0. The van der Waals surface area contributed by atoms with E-state index in [1.54, 1.807) is 4.90 Å². The molecule has 0 spiro atoms. The second kappa shape index (κ2) is 13.0. The van der Waals surface area contributed by atoms with E-state index in [0.717, 1.165) is 77.2 Å². The topological polar surface area (TPSA) is 85.3 Å². The van der Waals surface area contributed by atoms with Crippen LogP contribution < -0.4 is 10.6 Å². The molecule has 2 fully saturated rings. The van der Waals surface area contributed by atoms with Crippen molar-refractivity contribution < 1.29 is 9.59 Å². The van der Waals surface area contributed by atoms with E-state index in [0.29, 0.717) is 6.54 Å². The molecule has 2 rings (SSSR count). The number of carbonyl (C=O) groups excluding carboxylic acids is 2. The minimum Gasteiger partial charge on any atom is -0.356 e. The molecule has 172 valence electrons. The Kier molecular flexibility index (Phi) is 10.7. The molecule has 0 atom stereocenters. The molecule has 6 heteroatoms. The fraction of sp³-hybridized carbons (Fsp3) is 0.875. The minimum absolute atomic E-state index is 0.0936. The van der Waals surface area contributed by atoms with Gasteiger partial charge in [0.2, 0.25) is 5.91 Å². The first kappa shape index (κ1) is 24.7. The van der Waals surface area contributed by atoms with Crippen molar-refractivity contribution in [1.29, 1.82) is 5.41 Å². The van der Waals surface area contributed by atoms with Crippen molar-refractivity contribution in [2.45, 2.75) is 116 Å². The number of guanidine groups is 1. The van der Waals surface area contributed by atoms with E-state index in [4.69, 9.17) is 5.41 Å².